The fraction of sp³-hybridized carbons (Fsp3) is 0.667. The first-order valence-electron chi connectivity index (χ1n) is 6.76. The Morgan fingerprint density at radius 2 is 2.00 bits per heavy atom. The lowest BCUT2D eigenvalue weighted by atomic mass is 10.0. The number of hydrogen-bond acceptors (Lipinski definition) is 3. The van der Waals surface area contributed by atoms with Crippen LogP contribution in [0.5, 0.6) is 0 Å². The highest BCUT2D eigenvalue weighted by Crippen LogP contribution is 2.18. The molecule has 0 aliphatic heterocycles. The van der Waals surface area contributed by atoms with Crippen LogP contribution in [0.2, 0.25) is 0 Å². The average Bonchev–Trinajstić information content (AvgIpc) is 2.64. The Morgan fingerprint density at radius 1 is 1.42 bits per heavy atom. The average molecular weight is 266 g/mol. The molecular weight excluding hydrogens is 240 g/mol. The number of aliphatic hydroxyl groups is 1. The SMILES string of the molecule is CCn1c(C)cc(C(=O)CN(C)C(C)(C)CO)c1C. The third-order valence-electron chi connectivity index (χ3n) is 3.99. The highest BCUT2D eigenvalue weighted by Gasteiger charge is 2.25. The zero-order valence-corrected chi connectivity index (χ0v) is 12.9. The Morgan fingerprint density at radius 3 is 2.42 bits per heavy atom. The van der Waals surface area contributed by atoms with E-state index in [-0.39, 0.29) is 17.9 Å². The van der Waals surface area contributed by atoms with Crippen molar-refractivity contribution >= 4 is 5.78 Å². The Labute approximate surface area is 116 Å². The minimum absolute atomic E-state index is 0.0325. The molecule has 1 heterocycles. The largest absolute Gasteiger partial charge is 0.394 e. The first-order valence-corrected chi connectivity index (χ1v) is 6.76. The summed E-state index contributed by atoms with van der Waals surface area (Å²) >= 11 is 0. The molecule has 0 radical (unpaired) electrons. The standard InChI is InChI=1S/C15H26N2O2/c1-7-17-11(2)8-13(12(17)3)14(19)9-16(6)15(4,5)10-18/h8,18H,7,9-10H2,1-6H3. The van der Waals surface area contributed by atoms with Gasteiger partial charge in [-0.15, -0.1) is 0 Å². The number of carbonyl (C=O) groups is 1. The van der Waals surface area contributed by atoms with Gasteiger partial charge in [0.05, 0.1) is 13.2 Å². The number of aliphatic hydroxyl groups excluding tert-OH is 1. The van der Waals surface area contributed by atoms with Crippen molar-refractivity contribution in [3.8, 4) is 0 Å². The molecule has 0 aromatic carbocycles. The van der Waals surface area contributed by atoms with Crippen molar-refractivity contribution in [3.63, 3.8) is 0 Å². The lowest BCUT2D eigenvalue weighted by Gasteiger charge is -2.33. The van der Waals surface area contributed by atoms with Gasteiger partial charge < -0.3 is 9.67 Å². The lowest BCUT2D eigenvalue weighted by Crippen LogP contribution is -2.46. The number of rotatable bonds is 6. The molecule has 0 saturated carbocycles. The maximum absolute atomic E-state index is 12.4. The highest BCUT2D eigenvalue weighted by atomic mass is 16.3. The summed E-state index contributed by atoms with van der Waals surface area (Å²) in [5.41, 5.74) is 2.55. The van der Waals surface area contributed by atoms with Crippen molar-refractivity contribution in [2.24, 2.45) is 0 Å². The molecule has 1 N–H and O–H groups in total. The smallest absolute Gasteiger partial charge is 0.178 e. The van der Waals surface area contributed by atoms with Gasteiger partial charge in [-0.05, 0) is 47.7 Å². The van der Waals surface area contributed by atoms with Crippen molar-refractivity contribution in [1.82, 2.24) is 9.47 Å². The van der Waals surface area contributed by atoms with E-state index in [9.17, 15) is 9.90 Å². The predicted molar refractivity (Wildman–Crippen MR) is 77.7 cm³/mol. The van der Waals surface area contributed by atoms with E-state index in [1.54, 1.807) is 0 Å². The second-order valence-corrected chi connectivity index (χ2v) is 5.78. The van der Waals surface area contributed by atoms with E-state index in [4.69, 9.17) is 0 Å². The molecule has 0 fully saturated rings. The predicted octanol–water partition coefficient (Wildman–Crippen LogP) is 2.01. The topological polar surface area (TPSA) is 45.5 Å². The number of ketones is 1. The fourth-order valence-corrected chi connectivity index (χ4v) is 2.21. The summed E-state index contributed by atoms with van der Waals surface area (Å²) < 4.78 is 2.14. The minimum atomic E-state index is -0.383. The van der Waals surface area contributed by atoms with Crippen LogP contribution in [-0.2, 0) is 6.54 Å². The third kappa shape index (κ3) is 3.25. The van der Waals surface area contributed by atoms with E-state index in [0.717, 1.165) is 23.5 Å². The summed E-state index contributed by atoms with van der Waals surface area (Å²) in [5.74, 6) is 0.108. The van der Waals surface area contributed by atoms with Gasteiger partial charge in [-0.1, -0.05) is 0 Å². The van der Waals surface area contributed by atoms with Gasteiger partial charge in [0, 0.05) is 29.0 Å². The van der Waals surface area contributed by atoms with Crippen molar-refractivity contribution in [3.05, 3.63) is 23.0 Å². The summed E-state index contributed by atoms with van der Waals surface area (Å²) in [6, 6.07) is 1.96. The molecule has 1 aromatic rings. The van der Waals surface area contributed by atoms with E-state index in [1.807, 2.05) is 45.7 Å². The van der Waals surface area contributed by atoms with Crippen molar-refractivity contribution < 1.29 is 9.90 Å². The molecular formula is C15H26N2O2. The van der Waals surface area contributed by atoms with Crippen molar-refractivity contribution in [1.29, 1.82) is 0 Å². The summed E-state index contributed by atoms with van der Waals surface area (Å²) in [4.78, 5) is 14.3. The zero-order valence-electron chi connectivity index (χ0n) is 12.9. The second-order valence-electron chi connectivity index (χ2n) is 5.78. The maximum Gasteiger partial charge on any atom is 0.178 e. The van der Waals surface area contributed by atoms with Gasteiger partial charge in [0.25, 0.3) is 0 Å². The minimum Gasteiger partial charge on any atom is -0.394 e. The Bertz CT molecular complexity index is 461. The Hall–Kier alpha value is -1.13. The molecule has 0 unspecified atom stereocenters. The summed E-state index contributed by atoms with van der Waals surface area (Å²) in [6.45, 7) is 11.2. The van der Waals surface area contributed by atoms with Gasteiger partial charge in [0.2, 0.25) is 0 Å². The first-order chi connectivity index (χ1) is 8.74. The van der Waals surface area contributed by atoms with Crippen LogP contribution in [0.25, 0.3) is 0 Å². The molecule has 108 valence electrons. The van der Waals surface area contributed by atoms with E-state index in [0.29, 0.717) is 6.54 Å². The lowest BCUT2D eigenvalue weighted by molar-refractivity contribution is 0.0659. The van der Waals surface area contributed by atoms with Crippen LogP contribution in [-0.4, -0.2) is 46.1 Å². The summed E-state index contributed by atoms with van der Waals surface area (Å²) in [6.07, 6.45) is 0. The molecule has 1 rings (SSSR count). The fourth-order valence-electron chi connectivity index (χ4n) is 2.21. The number of aromatic nitrogens is 1. The number of carbonyl (C=O) groups excluding carboxylic acids is 1. The van der Waals surface area contributed by atoms with Gasteiger partial charge in [0.15, 0.2) is 5.78 Å². The molecule has 0 bridgehead atoms. The van der Waals surface area contributed by atoms with Crippen LogP contribution in [0, 0.1) is 13.8 Å². The van der Waals surface area contributed by atoms with Crippen LogP contribution in [0.3, 0.4) is 0 Å². The van der Waals surface area contributed by atoms with Crippen molar-refractivity contribution in [2.45, 2.75) is 46.7 Å². The molecule has 0 saturated heterocycles. The van der Waals surface area contributed by atoms with Gasteiger partial charge in [-0.3, -0.25) is 9.69 Å². The van der Waals surface area contributed by atoms with E-state index >= 15 is 0 Å². The molecule has 19 heavy (non-hydrogen) atoms. The zero-order chi connectivity index (χ0) is 14.8. The molecule has 0 amide bonds. The summed E-state index contributed by atoms with van der Waals surface area (Å²) in [7, 11) is 1.87. The Balaban J connectivity index is 2.91. The molecule has 0 aliphatic carbocycles. The first kappa shape index (κ1) is 15.9. The molecule has 4 heteroatoms. The Kier molecular flexibility index (Phi) is 4.93. The van der Waals surface area contributed by atoms with E-state index < -0.39 is 0 Å². The maximum atomic E-state index is 12.4. The molecule has 0 aliphatic rings. The van der Waals surface area contributed by atoms with Crippen LogP contribution >= 0.6 is 0 Å². The highest BCUT2D eigenvalue weighted by molar-refractivity contribution is 5.99. The molecule has 0 atom stereocenters. The molecule has 4 nitrogen and oxygen atoms in total. The third-order valence-corrected chi connectivity index (χ3v) is 3.99. The number of hydrogen-bond donors (Lipinski definition) is 1. The van der Waals surface area contributed by atoms with E-state index in [1.165, 1.54) is 0 Å². The number of aryl methyl sites for hydroxylation is 1. The summed E-state index contributed by atoms with van der Waals surface area (Å²) in [5, 5.41) is 9.33. The van der Waals surface area contributed by atoms with Crippen molar-refractivity contribution in [2.75, 3.05) is 20.2 Å². The van der Waals surface area contributed by atoms with Crippen LogP contribution in [0.4, 0.5) is 0 Å². The van der Waals surface area contributed by atoms with Crippen LogP contribution < -0.4 is 0 Å². The number of nitrogens with zero attached hydrogens (tertiary/aromatic N) is 2. The monoisotopic (exact) mass is 266 g/mol. The van der Waals surface area contributed by atoms with Crippen LogP contribution in [0.1, 0.15) is 42.5 Å². The molecule has 0 spiro atoms. The van der Waals surface area contributed by atoms with Gasteiger partial charge in [-0.25, -0.2) is 0 Å². The quantitative estimate of drug-likeness (QED) is 0.801. The van der Waals surface area contributed by atoms with Gasteiger partial charge in [0.1, 0.15) is 0 Å². The number of Topliss-reactive ketones (excluding diaryl/α,β-unsaturated/α-hetero) is 1. The number of likely N-dealkylation sites (N-methyl/N-ethyl adjacent to an activating group) is 1. The van der Waals surface area contributed by atoms with E-state index in [2.05, 4.69) is 11.5 Å². The molecule has 1 aromatic heterocycles. The van der Waals surface area contributed by atoms with Crippen LogP contribution in [0.15, 0.2) is 6.07 Å². The van der Waals surface area contributed by atoms with Gasteiger partial charge >= 0.3 is 0 Å². The second kappa shape index (κ2) is 5.88. The normalized spacial score (nSPS) is 12.2. The van der Waals surface area contributed by atoms with Gasteiger partial charge in [-0.2, -0.15) is 0 Å².